The summed E-state index contributed by atoms with van der Waals surface area (Å²) in [7, 11) is 3.16. The first-order valence-corrected chi connectivity index (χ1v) is 8.50. The van der Waals surface area contributed by atoms with Gasteiger partial charge in [-0.2, -0.15) is 0 Å². The Morgan fingerprint density at radius 2 is 1.88 bits per heavy atom. The molecule has 2 N–H and O–H groups in total. The van der Waals surface area contributed by atoms with Crippen LogP contribution in [0.2, 0.25) is 0 Å². The van der Waals surface area contributed by atoms with Crippen LogP contribution in [0.5, 0.6) is 11.5 Å². The van der Waals surface area contributed by atoms with Crippen LogP contribution >= 0.6 is 0 Å². The Morgan fingerprint density at radius 1 is 1.24 bits per heavy atom. The van der Waals surface area contributed by atoms with Crippen LogP contribution in [0.4, 0.5) is 4.79 Å². The van der Waals surface area contributed by atoms with Crippen LogP contribution in [-0.4, -0.2) is 49.3 Å². The number of hydrogen-bond donors (Lipinski definition) is 2. The van der Waals surface area contributed by atoms with E-state index >= 15 is 0 Å². The quantitative estimate of drug-likeness (QED) is 0.823. The van der Waals surface area contributed by atoms with E-state index in [-0.39, 0.29) is 18.0 Å². The van der Waals surface area contributed by atoms with Crippen molar-refractivity contribution in [3.05, 3.63) is 23.8 Å². The van der Waals surface area contributed by atoms with Crippen molar-refractivity contribution in [1.82, 2.24) is 10.2 Å². The third-order valence-corrected chi connectivity index (χ3v) is 4.65. The van der Waals surface area contributed by atoms with E-state index in [1.807, 2.05) is 25.1 Å². The number of carbonyl (C=O) groups is 2. The van der Waals surface area contributed by atoms with E-state index in [4.69, 9.17) is 14.6 Å². The number of methoxy groups -OCH3 is 2. The van der Waals surface area contributed by atoms with Crippen molar-refractivity contribution in [2.45, 2.75) is 32.2 Å². The van der Waals surface area contributed by atoms with E-state index in [2.05, 4.69) is 5.32 Å². The highest BCUT2D eigenvalue weighted by atomic mass is 16.5. The summed E-state index contributed by atoms with van der Waals surface area (Å²) in [6.45, 7) is 2.93. The monoisotopic (exact) mass is 350 g/mol. The lowest BCUT2D eigenvalue weighted by atomic mass is 9.97. The zero-order valence-electron chi connectivity index (χ0n) is 14.9. The molecule has 0 saturated carbocycles. The Balaban J connectivity index is 2.02. The van der Waals surface area contributed by atoms with Gasteiger partial charge in [0, 0.05) is 13.1 Å². The number of hydrogen-bond acceptors (Lipinski definition) is 4. The number of nitrogens with zero attached hydrogens (tertiary/aromatic N) is 1. The highest BCUT2D eigenvalue weighted by Crippen LogP contribution is 2.31. The Hall–Kier alpha value is -2.44. The maximum atomic E-state index is 12.5. The fraction of sp³-hybridized carbons (Fsp3) is 0.556. The predicted molar refractivity (Wildman–Crippen MR) is 93.0 cm³/mol. The van der Waals surface area contributed by atoms with Gasteiger partial charge in [0.15, 0.2) is 11.5 Å². The Kier molecular flexibility index (Phi) is 6.50. The second-order valence-corrected chi connectivity index (χ2v) is 6.12. The van der Waals surface area contributed by atoms with Gasteiger partial charge in [-0.15, -0.1) is 0 Å². The minimum absolute atomic E-state index is 0.149. The van der Waals surface area contributed by atoms with E-state index < -0.39 is 5.97 Å². The van der Waals surface area contributed by atoms with Gasteiger partial charge in [0.1, 0.15) is 0 Å². The van der Waals surface area contributed by atoms with Gasteiger partial charge in [-0.3, -0.25) is 4.79 Å². The number of urea groups is 1. The van der Waals surface area contributed by atoms with Gasteiger partial charge in [0.25, 0.3) is 0 Å². The number of aliphatic carboxylic acids is 1. The molecule has 1 aliphatic rings. The number of piperidine rings is 1. The normalized spacial score (nSPS) is 16.2. The predicted octanol–water partition coefficient (Wildman–Crippen LogP) is 2.66. The first-order chi connectivity index (χ1) is 12.0. The zero-order valence-corrected chi connectivity index (χ0v) is 14.9. The molecule has 7 heteroatoms. The van der Waals surface area contributed by atoms with Crippen molar-refractivity contribution in [2.24, 2.45) is 5.92 Å². The van der Waals surface area contributed by atoms with Gasteiger partial charge < -0.3 is 24.8 Å². The maximum Gasteiger partial charge on any atom is 0.317 e. The lowest BCUT2D eigenvalue weighted by molar-refractivity contribution is -0.143. The van der Waals surface area contributed by atoms with Gasteiger partial charge in [-0.05, 0) is 37.0 Å². The standard InChI is InChI=1S/C18H26N2O5/c1-4-14(13-5-6-15(24-2)16(11-13)25-3)19-18(23)20-9-7-12(8-10-20)17(21)22/h5-6,11-12,14H,4,7-10H2,1-3H3,(H,19,23)(H,21,22). The number of benzene rings is 1. The Morgan fingerprint density at radius 3 is 2.40 bits per heavy atom. The number of nitrogens with one attached hydrogen (secondary N) is 1. The van der Waals surface area contributed by atoms with E-state index in [9.17, 15) is 9.59 Å². The molecule has 1 heterocycles. The third-order valence-electron chi connectivity index (χ3n) is 4.65. The van der Waals surface area contributed by atoms with E-state index in [0.29, 0.717) is 37.4 Å². The van der Waals surface area contributed by atoms with Crippen LogP contribution in [0.25, 0.3) is 0 Å². The molecule has 1 aromatic carbocycles. The molecule has 2 rings (SSSR count). The molecule has 1 saturated heterocycles. The van der Waals surface area contributed by atoms with Crippen molar-refractivity contribution in [3.63, 3.8) is 0 Å². The summed E-state index contributed by atoms with van der Waals surface area (Å²) in [5, 5.41) is 12.1. The lowest BCUT2D eigenvalue weighted by Gasteiger charge is -2.31. The van der Waals surface area contributed by atoms with E-state index in [1.165, 1.54) is 0 Å². The molecule has 1 fully saturated rings. The second-order valence-electron chi connectivity index (χ2n) is 6.12. The summed E-state index contributed by atoms with van der Waals surface area (Å²) >= 11 is 0. The largest absolute Gasteiger partial charge is 0.493 e. The number of carboxylic acid groups (broad SMARTS) is 1. The van der Waals surface area contributed by atoms with Crippen LogP contribution in [0.15, 0.2) is 18.2 Å². The molecule has 1 unspecified atom stereocenters. The molecular formula is C18H26N2O5. The smallest absolute Gasteiger partial charge is 0.317 e. The second kappa shape index (κ2) is 8.60. The van der Waals surface area contributed by atoms with Crippen molar-refractivity contribution in [2.75, 3.05) is 27.3 Å². The summed E-state index contributed by atoms with van der Waals surface area (Å²) in [4.78, 5) is 25.2. The van der Waals surface area contributed by atoms with Crippen LogP contribution in [-0.2, 0) is 4.79 Å². The number of amides is 2. The number of ether oxygens (including phenoxy) is 2. The highest BCUT2D eigenvalue weighted by molar-refractivity contribution is 5.76. The van der Waals surface area contributed by atoms with Gasteiger partial charge in [-0.1, -0.05) is 13.0 Å². The molecule has 0 bridgehead atoms. The van der Waals surface area contributed by atoms with Crippen molar-refractivity contribution in [1.29, 1.82) is 0 Å². The molecule has 0 radical (unpaired) electrons. The maximum absolute atomic E-state index is 12.5. The third kappa shape index (κ3) is 4.55. The molecule has 1 aromatic rings. The molecule has 0 spiro atoms. The Bertz CT molecular complexity index is 611. The van der Waals surface area contributed by atoms with Crippen LogP contribution in [0.3, 0.4) is 0 Å². The summed E-state index contributed by atoms with van der Waals surface area (Å²) < 4.78 is 10.6. The molecule has 1 atom stereocenters. The molecule has 25 heavy (non-hydrogen) atoms. The topological polar surface area (TPSA) is 88.1 Å². The summed E-state index contributed by atoms with van der Waals surface area (Å²) in [6.07, 6.45) is 1.72. The Labute approximate surface area is 147 Å². The number of likely N-dealkylation sites (tertiary alicyclic amines) is 1. The van der Waals surface area contributed by atoms with Gasteiger partial charge in [0.2, 0.25) is 0 Å². The number of rotatable bonds is 6. The first kappa shape index (κ1) is 18.9. The summed E-state index contributed by atoms with van der Waals surface area (Å²) in [5.41, 5.74) is 0.939. The van der Waals surface area contributed by atoms with Crippen molar-refractivity contribution >= 4 is 12.0 Å². The number of carboxylic acids is 1. The first-order valence-electron chi connectivity index (χ1n) is 8.50. The average molecular weight is 350 g/mol. The van der Waals surface area contributed by atoms with E-state index in [1.54, 1.807) is 19.1 Å². The molecule has 138 valence electrons. The highest BCUT2D eigenvalue weighted by Gasteiger charge is 2.28. The molecule has 0 aromatic heterocycles. The van der Waals surface area contributed by atoms with Gasteiger partial charge in [0.05, 0.1) is 26.2 Å². The van der Waals surface area contributed by atoms with E-state index in [0.717, 1.165) is 12.0 Å². The summed E-state index contributed by atoms with van der Waals surface area (Å²) in [5.74, 6) is 0.131. The van der Waals surface area contributed by atoms with Crippen LogP contribution in [0, 0.1) is 5.92 Å². The molecule has 0 aliphatic carbocycles. The van der Waals surface area contributed by atoms with Crippen molar-refractivity contribution < 1.29 is 24.2 Å². The molecule has 7 nitrogen and oxygen atoms in total. The fourth-order valence-electron chi connectivity index (χ4n) is 3.06. The average Bonchev–Trinajstić information content (AvgIpc) is 2.65. The van der Waals surface area contributed by atoms with Crippen LogP contribution in [0.1, 0.15) is 37.8 Å². The summed E-state index contributed by atoms with van der Waals surface area (Å²) in [6, 6.07) is 5.28. The van der Waals surface area contributed by atoms with Gasteiger partial charge >= 0.3 is 12.0 Å². The fourth-order valence-corrected chi connectivity index (χ4v) is 3.06. The molecular weight excluding hydrogens is 324 g/mol. The van der Waals surface area contributed by atoms with Crippen LogP contribution < -0.4 is 14.8 Å². The molecule has 1 aliphatic heterocycles. The SMILES string of the molecule is CCC(NC(=O)N1CCC(C(=O)O)CC1)c1ccc(OC)c(OC)c1. The van der Waals surface area contributed by atoms with Crippen molar-refractivity contribution in [3.8, 4) is 11.5 Å². The zero-order chi connectivity index (χ0) is 18.4. The van der Waals surface area contributed by atoms with Gasteiger partial charge in [-0.25, -0.2) is 4.79 Å². The minimum Gasteiger partial charge on any atom is -0.493 e. The molecule has 2 amide bonds. The minimum atomic E-state index is -0.781. The lowest BCUT2D eigenvalue weighted by Crippen LogP contribution is -2.46. The number of carbonyl (C=O) groups excluding carboxylic acids is 1.